The van der Waals surface area contributed by atoms with Crippen LogP contribution in [0.5, 0.6) is 0 Å². The second-order valence-electron chi connectivity index (χ2n) is 4.10. The highest BCUT2D eigenvalue weighted by molar-refractivity contribution is 7.09. The molecule has 2 aromatic rings. The average molecular weight is 246 g/mol. The normalized spacial score (nSPS) is 12.6. The number of likely N-dealkylation sites (N-methyl/N-ethyl adjacent to an activating group) is 1. The van der Waals surface area contributed by atoms with Gasteiger partial charge in [0, 0.05) is 17.5 Å². The maximum atomic E-state index is 4.52. The summed E-state index contributed by atoms with van der Waals surface area (Å²) >= 11 is 1.81. The quantitative estimate of drug-likeness (QED) is 0.875. The first-order valence-electron chi connectivity index (χ1n) is 5.98. The van der Waals surface area contributed by atoms with Crippen LogP contribution in [0.2, 0.25) is 0 Å². The molecule has 3 heteroatoms. The third-order valence-corrected chi connectivity index (χ3v) is 3.71. The Morgan fingerprint density at radius 1 is 1.35 bits per heavy atom. The molecule has 0 aromatic carbocycles. The van der Waals surface area contributed by atoms with E-state index in [4.69, 9.17) is 0 Å². The minimum atomic E-state index is 0.319. The first-order chi connectivity index (χ1) is 8.31. The summed E-state index contributed by atoms with van der Waals surface area (Å²) in [5.74, 6) is 0. The summed E-state index contributed by atoms with van der Waals surface area (Å²) in [4.78, 5) is 5.92. The van der Waals surface area contributed by atoms with Crippen molar-refractivity contribution in [2.24, 2.45) is 0 Å². The number of pyridine rings is 1. The highest BCUT2D eigenvalue weighted by Gasteiger charge is 2.14. The van der Waals surface area contributed by atoms with Crippen molar-refractivity contribution in [3.63, 3.8) is 0 Å². The second kappa shape index (κ2) is 5.94. The number of rotatable bonds is 5. The van der Waals surface area contributed by atoms with Crippen molar-refractivity contribution in [1.29, 1.82) is 0 Å². The van der Waals surface area contributed by atoms with Gasteiger partial charge in [-0.25, -0.2) is 0 Å². The maximum absolute atomic E-state index is 4.52. The Kier molecular flexibility index (Phi) is 4.29. The average Bonchev–Trinajstić information content (AvgIpc) is 2.82. The van der Waals surface area contributed by atoms with Gasteiger partial charge in [0.15, 0.2) is 0 Å². The molecule has 0 aliphatic rings. The summed E-state index contributed by atoms with van der Waals surface area (Å²) in [7, 11) is 0. The molecule has 0 aliphatic carbocycles. The van der Waals surface area contributed by atoms with Crippen LogP contribution in [-0.4, -0.2) is 11.5 Å². The molecule has 90 valence electrons. The van der Waals surface area contributed by atoms with E-state index in [1.165, 1.54) is 16.1 Å². The number of aryl methyl sites for hydroxylation is 1. The number of nitrogens with zero attached hydrogens (tertiary/aromatic N) is 1. The van der Waals surface area contributed by atoms with Crippen LogP contribution >= 0.6 is 11.3 Å². The van der Waals surface area contributed by atoms with E-state index in [2.05, 4.69) is 47.7 Å². The van der Waals surface area contributed by atoms with Gasteiger partial charge in [-0.2, -0.15) is 0 Å². The fourth-order valence-corrected chi connectivity index (χ4v) is 2.76. The third kappa shape index (κ3) is 3.14. The Labute approximate surface area is 107 Å². The Bertz CT molecular complexity index is 451. The van der Waals surface area contributed by atoms with Crippen LogP contribution in [0.15, 0.2) is 35.8 Å². The van der Waals surface area contributed by atoms with Gasteiger partial charge in [-0.1, -0.05) is 19.1 Å². The maximum Gasteiger partial charge on any atom is 0.0605 e. The Morgan fingerprint density at radius 2 is 2.24 bits per heavy atom. The summed E-state index contributed by atoms with van der Waals surface area (Å²) < 4.78 is 0. The molecular formula is C14H18N2S. The van der Waals surface area contributed by atoms with E-state index in [9.17, 15) is 0 Å². The van der Waals surface area contributed by atoms with Gasteiger partial charge in [-0.3, -0.25) is 4.98 Å². The first-order valence-corrected chi connectivity index (χ1v) is 6.86. The monoisotopic (exact) mass is 246 g/mol. The second-order valence-corrected chi connectivity index (χ2v) is 5.13. The predicted octanol–water partition coefficient (Wildman–Crippen LogP) is 3.34. The molecule has 1 N–H and O–H groups in total. The van der Waals surface area contributed by atoms with Crippen LogP contribution in [0, 0.1) is 6.92 Å². The SMILES string of the molecule is CCNC(Cc1cccs1)c1ncccc1C. The minimum Gasteiger partial charge on any atom is -0.309 e. The molecular weight excluding hydrogens is 228 g/mol. The minimum absolute atomic E-state index is 0.319. The van der Waals surface area contributed by atoms with Gasteiger partial charge in [-0.15, -0.1) is 11.3 Å². The van der Waals surface area contributed by atoms with E-state index in [-0.39, 0.29) is 0 Å². The van der Waals surface area contributed by atoms with Crippen LogP contribution in [0.4, 0.5) is 0 Å². The van der Waals surface area contributed by atoms with E-state index in [0.29, 0.717) is 6.04 Å². The molecule has 2 rings (SSSR count). The topological polar surface area (TPSA) is 24.9 Å². The lowest BCUT2D eigenvalue weighted by molar-refractivity contribution is 0.537. The van der Waals surface area contributed by atoms with E-state index < -0.39 is 0 Å². The number of thiophene rings is 1. The smallest absolute Gasteiger partial charge is 0.0605 e. The lowest BCUT2D eigenvalue weighted by atomic mass is 10.0. The molecule has 1 unspecified atom stereocenters. The van der Waals surface area contributed by atoms with Gasteiger partial charge in [0.2, 0.25) is 0 Å². The van der Waals surface area contributed by atoms with E-state index in [1.807, 2.05) is 23.6 Å². The molecule has 2 aromatic heterocycles. The highest BCUT2D eigenvalue weighted by Crippen LogP contribution is 2.21. The molecule has 0 radical (unpaired) electrons. The molecule has 17 heavy (non-hydrogen) atoms. The molecule has 2 heterocycles. The van der Waals surface area contributed by atoms with Crippen molar-refractivity contribution in [3.8, 4) is 0 Å². The van der Waals surface area contributed by atoms with Crippen molar-refractivity contribution < 1.29 is 0 Å². The Morgan fingerprint density at radius 3 is 2.88 bits per heavy atom. The number of hydrogen-bond acceptors (Lipinski definition) is 3. The van der Waals surface area contributed by atoms with Crippen molar-refractivity contribution in [1.82, 2.24) is 10.3 Å². The summed E-state index contributed by atoms with van der Waals surface area (Å²) in [6.07, 6.45) is 2.89. The molecule has 0 saturated heterocycles. The van der Waals surface area contributed by atoms with E-state index in [1.54, 1.807) is 0 Å². The van der Waals surface area contributed by atoms with Gasteiger partial charge < -0.3 is 5.32 Å². The Hall–Kier alpha value is -1.19. The van der Waals surface area contributed by atoms with E-state index >= 15 is 0 Å². The standard InChI is InChI=1S/C14H18N2S/c1-3-15-13(10-12-7-5-9-17-12)14-11(2)6-4-8-16-14/h4-9,13,15H,3,10H2,1-2H3. The number of hydrogen-bond donors (Lipinski definition) is 1. The van der Waals surface area contributed by atoms with Crippen LogP contribution in [0.25, 0.3) is 0 Å². The molecule has 0 aliphatic heterocycles. The number of aromatic nitrogens is 1. The van der Waals surface area contributed by atoms with Gasteiger partial charge in [-0.05, 0) is 36.5 Å². The van der Waals surface area contributed by atoms with Gasteiger partial charge >= 0.3 is 0 Å². The van der Waals surface area contributed by atoms with Gasteiger partial charge in [0.1, 0.15) is 0 Å². The lowest BCUT2D eigenvalue weighted by Crippen LogP contribution is -2.24. The van der Waals surface area contributed by atoms with Crippen LogP contribution < -0.4 is 5.32 Å². The lowest BCUT2D eigenvalue weighted by Gasteiger charge is -2.18. The van der Waals surface area contributed by atoms with Crippen LogP contribution in [0.1, 0.15) is 29.1 Å². The molecule has 0 amide bonds. The summed E-state index contributed by atoms with van der Waals surface area (Å²) in [5, 5.41) is 5.65. The molecule has 0 spiro atoms. The highest BCUT2D eigenvalue weighted by atomic mass is 32.1. The van der Waals surface area contributed by atoms with Crippen molar-refractivity contribution in [2.75, 3.05) is 6.54 Å². The van der Waals surface area contributed by atoms with Crippen LogP contribution in [-0.2, 0) is 6.42 Å². The first kappa shape index (κ1) is 12.3. The molecule has 2 nitrogen and oxygen atoms in total. The van der Waals surface area contributed by atoms with Crippen LogP contribution in [0.3, 0.4) is 0 Å². The fraction of sp³-hybridized carbons (Fsp3) is 0.357. The largest absolute Gasteiger partial charge is 0.309 e. The third-order valence-electron chi connectivity index (χ3n) is 2.82. The zero-order chi connectivity index (χ0) is 12.1. The molecule has 0 saturated carbocycles. The zero-order valence-corrected chi connectivity index (χ0v) is 11.1. The van der Waals surface area contributed by atoms with Gasteiger partial charge in [0.05, 0.1) is 11.7 Å². The van der Waals surface area contributed by atoms with Gasteiger partial charge in [0.25, 0.3) is 0 Å². The van der Waals surface area contributed by atoms with Crippen molar-refractivity contribution in [2.45, 2.75) is 26.3 Å². The Balaban J connectivity index is 2.20. The molecule has 1 atom stereocenters. The predicted molar refractivity (Wildman–Crippen MR) is 73.4 cm³/mol. The summed E-state index contributed by atoms with van der Waals surface area (Å²) in [6, 6.07) is 8.73. The van der Waals surface area contributed by atoms with Crippen molar-refractivity contribution in [3.05, 3.63) is 52.0 Å². The zero-order valence-electron chi connectivity index (χ0n) is 10.3. The van der Waals surface area contributed by atoms with E-state index in [0.717, 1.165) is 13.0 Å². The number of nitrogens with one attached hydrogen (secondary N) is 1. The van der Waals surface area contributed by atoms with Crippen molar-refractivity contribution >= 4 is 11.3 Å². The summed E-state index contributed by atoms with van der Waals surface area (Å²) in [5.41, 5.74) is 2.43. The fourth-order valence-electron chi connectivity index (χ4n) is 2.00. The summed E-state index contributed by atoms with van der Waals surface area (Å²) in [6.45, 7) is 5.23. The molecule has 0 bridgehead atoms. The molecule has 0 fully saturated rings.